The van der Waals surface area contributed by atoms with Crippen LogP contribution in [0.4, 0.5) is 5.69 Å². The van der Waals surface area contributed by atoms with Gasteiger partial charge in [-0.25, -0.2) is 0 Å². The minimum atomic E-state index is -0.535. The van der Waals surface area contributed by atoms with Gasteiger partial charge in [-0.1, -0.05) is 48.9 Å². The quantitative estimate of drug-likeness (QED) is 0.683. The van der Waals surface area contributed by atoms with E-state index >= 15 is 0 Å². The van der Waals surface area contributed by atoms with Gasteiger partial charge in [0.15, 0.2) is 6.10 Å². The summed E-state index contributed by atoms with van der Waals surface area (Å²) in [4.78, 5) is 14.5. The number of ether oxygens (including phenoxy) is 1. The van der Waals surface area contributed by atoms with Crippen LogP contribution < -0.4 is 15.0 Å². The number of amides is 1. The van der Waals surface area contributed by atoms with E-state index in [4.69, 9.17) is 16.3 Å². The van der Waals surface area contributed by atoms with E-state index in [-0.39, 0.29) is 5.91 Å². The maximum absolute atomic E-state index is 12.3. The van der Waals surface area contributed by atoms with Crippen LogP contribution in [-0.4, -0.2) is 32.1 Å². The zero-order valence-electron chi connectivity index (χ0n) is 14.7. The third-order valence-corrected chi connectivity index (χ3v) is 4.25. The van der Waals surface area contributed by atoms with E-state index in [1.54, 1.807) is 12.1 Å². The fourth-order valence-electron chi connectivity index (χ4n) is 2.47. The second-order valence-electron chi connectivity index (χ2n) is 5.85. The summed E-state index contributed by atoms with van der Waals surface area (Å²) in [5, 5.41) is 3.46. The van der Waals surface area contributed by atoms with Crippen molar-refractivity contribution in [2.45, 2.75) is 25.9 Å². The third kappa shape index (κ3) is 5.98. The first-order chi connectivity index (χ1) is 12.1. The van der Waals surface area contributed by atoms with E-state index < -0.39 is 6.10 Å². The van der Waals surface area contributed by atoms with Crippen LogP contribution in [0.5, 0.6) is 5.75 Å². The predicted molar refractivity (Wildman–Crippen MR) is 103 cm³/mol. The highest BCUT2D eigenvalue weighted by molar-refractivity contribution is 6.32. The molecule has 0 saturated carbocycles. The standard InChI is InChI=1S/C20H25ClN2O2/c1-3-18(25-19-13-8-7-12-17(19)21)20(24)22-14-9-15-23(2)16-10-5-4-6-11-16/h4-8,10-13,18H,3,9,14-15H2,1-2H3,(H,22,24)/t18-/m0/s1. The van der Waals surface area contributed by atoms with E-state index in [1.807, 2.05) is 44.3 Å². The topological polar surface area (TPSA) is 41.6 Å². The first-order valence-corrected chi connectivity index (χ1v) is 8.94. The number of hydrogen-bond acceptors (Lipinski definition) is 3. The molecule has 1 N–H and O–H groups in total. The van der Waals surface area contributed by atoms with Gasteiger partial charge in [0.25, 0.3) is 5.91 Å². The highest BCUT2D eigenvalue weighted by atomic mass is 35.5. The van der Waals surface area contributed by atoms with Crippen molar-refractivity contribution in [1.29, 1.82) is 0 Å². The largest absolute Gasteiger partial charge is 0.479 e. The molecule has 0 aliphatic carbocycles. The Balaban J connectivity index is 1.75. The lowest BCUT2D eigenvalue weighted by Gasteiger charge is -2.20. The van der Waals surface area contributed by atoms with Crippen molar-refractivity contribution in [3.05, 3.63) is 59.6 Å². The summed E-state index contributed by atoms with van der Waals surface area (Å²) in [5.74, 6) is 0.430. The number of benzene rings is 2. The lowest BCUT2D eigenvalue weighted by Crippen LogP contribution is -2.39. The van der Waals surface area contributed by atoms with Gasteiger partial charge in [-0.15, -0.1) is 0 Å². The number of nitrogens with one attached hydrogen (secondary N) is 1. The van der Waals surface area contributed by atoms with Crippen molar-refractivity contribution in [3.63, 3.8) is 0 Å². The van der Waals surface area contributed by atoms with E-state index in [9.17, 15) is 4.79 Å². The average molecular weight is 361 g/mol. The van der Waals surface area contributed by atoms with Gasteiger partial charge in [-0.05, 0) is 37.1 Å². The molecule has 0 heterocycles. The highest BCUT2D eigenvalue weighted by Crippen LogP contribution is 2.24. The zero-order valence-corrected chi connectivity index (χ0v) is 15.5. The second kappa shape index (κ2) is 9.94. The smallest absolute Gasteiger partial charge is 0.261 e. The molecule has 0 aliphatic heterocycles. The van der Waals surface area contributed by atoms with Crippen LogP contribution in [0.25, 0.3) is 0 Å². The van der Waals surface area contributed by atoms with Crippen LogP contribution in [-0.2, 0) is 4.79 Å². The maximum atomic E-state index is 12.3. The fourth-order valence-corrected chi connectivity index (χ4v) is 2.65. The van der Waals surface area contributed by atoms with Gasteiger partial charge in [0.05, 0.1) is 5.02 Å². The molecule has 134 valence electrons. The molecule has 2 aromatic rings. The summed E-state index contributed by atoms with van der Waals surface area (Å²) in [6, 6.07) is 17.4. The molecule has 4 nitrogen and oxygen atoms in total. The third-order valence-electron chi connectivity index (χ3n) is 3.94. The van der Waals surface area contributed by atoms with Gasteiger partial charge in [0.2, 0.25) is 0 Å². The second-order valence-corrected chi connectivity index (χ2v) is 6.25. The molecule has 2 aromatic carbocycles. The molecule has 5 heteroatoms. The number of rotatable bonds is 9. The van der Waals surface area contributed by atoms with Gasteiger partial charge in [0.1, 0.15) is 5.75 Å². The summed E-state index contributed by atoms with van der Waals surface area (Å²) >= 11 is 6.09. The first kappa shape index (κ1) is 19.1. The van der Waals surface area contributed by atoms with E-state index in [0.717, 1.165) is 13.0 Å². The molecule has 0 spiro atoms. The van der Waals surface area contributed by atoms with Gasteiger partial charge in [-0.2, -0.15) is 0 Å². The molecule has 0 aliphatic rings. The molecular weight excluding hydrogens is 336 g/mol. The summed E-state index contributed by atoms with van der Waals surface area (Å²) < 4.78 is 5.75. The van der Waals surface area contributed by atoms with Gasteiger partial charge in [0, 0.05) is 25.8 Å². The van der Waals surface area contributed by atoms with Crippen molar-refractivity contribution in [1.82, 2.24) is 5.32 Å². The Bertz CT molecular complexity index is 664. The molecule has 2 rings (SSSR count). The van der Waals surface area contributed by atoms with Crippen molar-refractivity contribution in [3.8, 4) is 5.75 Å². The van der Waals surface area contributed by atoms with E-state index in [0.29, 0.717) is 23.7 Å². The van der Waals surface area contributed by atoms with Crippen LogP contribution in [0.3, 0.4) is 0 Å². The highest BCUT2D eigenvalue weighted by Gasteiger charge is 2.18. The summed E-state index contributed by atoms with van der Waals surface area (Å²) in [5.41, 5.74) is 1.17. The number of anilines is 1. The molecule has 1 atom stereocenters. The molecular formula is C20H25ClN2O2. The van der Waals surface area contributed by atoms with Crippen molar-refractivity contribution >= 4 is 23.2 Å². The zero-order chi connectivity index (χ0) is 18.1. The average Bonchev–Trinajstić information content (AvgIpc) is 2.65. The summed E-state index contributed by atoms with van der Waals surface area (Å²) in [7, 11) is 2.05. The summed E-state index contributed by atoms with van der Waals surface area (Å²) in [6.45, 7) is 3.40. The Morgan fingerprint density at radius 1 is 1.16 bits per heavy atom. The Morgan fingerprint density at radius 2 is 1.84 bits per heavy atom. The summed E-state index contributed by atoms with van der Waals surface area (Å²) in [6.07, 6.45) is 0.910. The Labute approximate surface area is 154 Å². The molecule has 25 heavy (non-hydrogen) atoms. The number of hydrogen-bond donors (Lipinski definition) is 1. The SMILES string of the molecule is CC[C@H](Oc1ccccc1Cl)C(=O)NCCCN(C)c1ccccc1. The normalized spacial score (nSPS) is 11.6. The monoisotopic (exact) mass is 360 g/mol. The Hall–Kier alpha value is -2.20. The van der Waals surface area contributed by atoms with Crippen LogP contribution in [0.2, 0.25) is 5.02 Å². The molecule has 0 bridgehead atoms. The van der Waals surface area contributed by atoms with Crippen LogP contribution in [0.15, 0.2) is 54.6 Å². The van der Waals surface area contributed by atoms with E-state index in [1.165, 1.54) is 5.69 Å². The number of halogens is 1. The molecule has 0 fully saturated rings. The number of nitrogens with zero attached hydrogens (tertiary/aromatic N) is 1. The Kier molecular flexibility index (Phi) is 7.61. The first-order valence-electron chi connectivity index (χ1n) is 8.57. The minimum Gasteiger partial charge on any atom is -0.479 e. The maximum Gasteiger partial charge on any atom is 0.261 e. The van der Waals surface area contributed by atoms with Crippen molar-refractivity contribution in [2.24, 2.45) is 0 Å². The van der Waals surface area contributed by atoms with Crippen molar-refractivity contribution < 1.29 is 9.53 Å². The number of carbonyl (C=O) groups excluding carboxylic acids is 1. The predicted octanol–water partition coefficient (Wildman–Crippen LogP) is 4.14. The fraction of sp³-hybridized carbons (Fsp3) is 0.350. The van der Waals surface area contributed by atoms with Crippen LogP contribution >= 0.6 is 11.6 Å². The molecule has 0 aromatic heterocycles. The molecule has 0 saturated heterocycles. The lowest BCUT2D eigenvalue weighted by molar-refractivity contribution is -0.128. The van der Waals surface area contributed by atoms with Gasteiger partial charge < -0.3 is 15.0 Å². The minimum absolute atomic E-state index is 0.107. The molecule has 0 radical (unpaired) electrons. The molecule has 0 unspecified atom stereocenters. The van der Waals surface area contributed by atoms with Crippen molar-refractivity contribution in [2.75, 3.05) is 25.0 Å². The van der Waals surface area contributed by atoms with Crippen LogP contribution in [0.1, 0.15) is 19.8 Å². The lowest BCUT2D eigenvalue weighted by atomic mass is 10.2. The molecule has 1 amide bonds. The number of carbonyl (C=O) groups is 1. The number of para-hydroxylation sites is 2. The van der Waals surface area contributed by atoms with Crippen LogP contribution in [0, 0.1) is 0 Å². The van der Waals surface area contributed by atoms with E-state index in [2.05, 4.69) is 22.3 Å². The van der Waals surface area contributed by atoms with Gasteiger partial charge in [-0.3, -0.25) is 4.79 Å². The van der Waals surface area contributed by atoms with Gasteiger partial charge >= 0.3 is 0 Å². The Morgan fingerprint density at radius 3 is 2.52 bits per heavy atom.